The second kappa shape index (κ2) is 12.2. The summed E-state index contributed by atoms with van der Waals surface area (Å²) in [6.07, 6.45) is -1.14. The van der Waals surface area contributed by atoms with Gasteiger partial charge in [-0.3, -0.25) is 4.52 Å². The van der Waals surface area contributed by atoms with Crippen molar-refractivity contribution < 1.29 is 27.1 Å². The van der Waals surface area contributed by atoms with Crippen LogP contribution in [0.3, 0.4) is 0 Å². The summed E-state index contributed by atoms with van der Waals surface area (Å²) in [5, 5.41) is 0. The molecule has 1 heterocycles. The summed E-state index contributed by atoms with van der Waals surface area (Å²) in [6.45, 7) is 21.2. The van der Waals surface area contributed by atoms with Crippen LogP contribution in [-0.4, -0.2) is 30.5 Å². The van der Waals surface area contributed by atoms with E-state index in [1.54, 1.807) is 0 Å². The van der Waals surface area contributed by atoms with Crippen LogP contribution in [0.1, 0.15) is 74.8 Å². The van der Waals surface area contributed by atoms with E-state index in [0.29, 0.717) is 5.75 Å². The molecule has 1 unspecified atom stereocenters. The molecule has 0 bridgehead atoms. The zero-order valence-corrected chi connectivity index (χ0v) is 25.0. The first-order chi connectivity index (χ1) is 15.7. The average Bonchev–Trinajstić information content (AvgIpc) is 2.56. The van der Waals surface area contributed by atoms with Crippen molar-refractivity contribution in [1.29, 1.82) is 0 Å². The Labute approximate surface area is 206 Å². The Morgan fingerprint density at radius 2 is 0.912 bits per heavy atom. The predicted molar refractivity (Wildman–Crippen MR) is 141 cm³/mol. The van der Waals surface area contributed by atoms with Crippen molar-refractivity contribution >= 4 is 23.0 Å². The molecule has 1 atom stereocenters. The quantitative estimate of drug-likeness (QED) is 0.247. The maximum absolute atomic E-state index is 6.50. The minimum Gasteiger partial charge on any atom is -0.422 e. The Hall–Kier alpha value is -0.490. The lowest BCUT2D eigenvalue weighted by Crippen LogP contribution is -2.14. The zero-order chi connectivity index (χ0) is 25.7. The van der Waals surface area contributed by atoms with Crippen molar-refractivity contribution in [3.63, 3.8) is 0 Å². The van der Waals surface area contributed by atoms with Gasteiger partial charge in [-0.2, -0.15) is 0 Å². The molecule has 196 valence electrons. The van der Waals surface area contributed by atoms with Gasteiger partial charge < -0.3 is 22.6 Å². The highest BCUT2D eigenvalue weighted by atomic mass is 31.3. The van der Waals surface area contributed by atoms with Gasteiger partial charge in [0.25, 0.3) is 0 Å². The van der Waals surface area contributed by atoms with Crippen LogP contribution in [0.15, 0.2) is 37.8 Å². The standard InChI is InChI=1S/C22H42N3O6P3/c1-16(2)26-32(27-17(3)4)23-33(28-18(5)6,29-19(7)8)25-34(24-32,30-20(9)10)31-22-14-12-13-21(11)15-22/h12-20H,1-11H3. The highest BCUT2D eigenvalue weighted by Gasteiger charge is 2.46. The third-order valence-electron chi connectivity index (χ3n) is 3.63. The minimum atomic E-state index is -3.40. The van der Waals surface area contributed by atoms with Gasteiger partial charge in [0.1, 0.15) is 5.75 Å². The van der Waals surface area contributed by atoms with Crippen molar-refractivity contribution in [3.05, 3.63) is 29.8 Å². The molecule has 0 aliphatic carbocycles. The van der Waals surface area contributed by atoms with E-state index < -0.39 is 23.0 Å². The van der Waals surface area contributed by atoms with E-state index in [-0.39, 0.29) is 30.5 Å². The number of nitrogens with zero attached hydrogens (tertiary/aromatic N) is 3. The molecule has 0 fully saturated rings. The normalized spacial score (nSPS) is 21.6. The summed E-state index contributed by atoms with van der Waals surface area (Å²) in [5.74, 6) is 0.586. The van der Waals surface area contributed by atoms with Crippen LogP contribution in [0, 0.1) is 6.92 Å². The monoisotopic (exact) mass is 537 g/mol. The molecule has 0 saturated heterocycles. The van der Waals surface area contributed by atoms with Crippen LogP contribution < -0.4 is 4.52 Å². The highest BCUT2D eigenvalue weighted by Crippen LogP contribution is 2.81. The molecule has 34 heavy (non-hydrogen) atoms. The second-order valence-corrected chi connectivity index (χ2v) is 15.7. The minimum absolute atomic E-state index is 0.224. The first kappa shape index (κ1) is 29.7. The molecule has 0 saturated carbocycles. The first-order valence-electron chi connectivity index (χ1n) is 11.8. The molecule has 1 aromatic carbocycles. The Morgan fingerprint density at radius 1 is 0.559 bits per heavy atom. The lowest BCUT2D eigenvalue weighted by molar-refractivity contribution is 0.157. The van der Waals surface area contributed by atoms with Crippen LogP contribution in [0.4, 0.5) is 0 Å². The van der Waals surface area contributed by atoms with Crippen LogP contribution in [-0.2, 0) is 22.6 Å². The molecule has 9 nitrogen and oxygen atoms in total. The average molecular weight is 538 g/mol. The van der Waals surface area contributed by atoms with Crippen molar-refractivity contribution in [2.24, 2.45) is 13.5 Å². The van der Waals surface area contributed by atoms with Gasteiger partial charge in [0.05, 0.1) is 30.5 Å². The molecule has 2 rings (SSSR count). The summed E-state index contributed by atoms with van der Waals surface area (Å²) in [7, 11) is -10.0. The highest BCUT2D eigenvalue weighted by molar-refractivity contribution is 7.78. The zero-order valence-electron chi connectivity index (χ0n) is 22.3. The van der Waals surface area contributed by atoms with Gasteiger partial charge in [-0.25, -0.2) is 0 Å². The van der Waals surface area contributed by atoms with Crippen molar-refractivity contribution in [1.82, 2.24) is 0 Å². The largest absolute Gasteiger partial charge is 0.422 e. The Kier molecular flexibility index (Phi) is 10.6. The van der Waals surface area contributed by atoms with Crippen LogP contribution in [0.2, 0.25) is 0 Å². The van der Waals surface area contributed by atoms with Gasteiger partial charge >= 0.3 is 23.0 Å². The molecule has 0 radical (unpaired) electrons. The SMILES string of the molecule is Cc1cccc(OP2(OC(C)C)=NP(OC(C)C)(OC(C)C)=NP(OC(C)C)(OC(C)C)=N2)c1. The van der Waals surface area contributed by atoms with Gasteiger partial charge in [-0.15, -0.1) is 13.5 Å². The summed E-state index contributed by atoms with van der Waals surface area (Å²) < 4.78 is 53.1. The Balaban J connectivity index is 2.95. The number of rotatable bonds is 12. The first-order valence-corrected chi connectivity index (χ1v) is 16.4. The smallest absolute Gasteiger partial charge is 0.403 e. The third kappa shape index (κ3) is 8.87. The number of aryl methyl sites for hydroxylation is 1. The van der Waals surface area contributed by atoms with Crippen LogP contribution in [0.5, 0.6) is 5.75 Å². The van der Waals surface area contributed by atoms with E-state index in [0.717, 1.165) is 5.56 Å². The number of hydrogen-bond donors (Lipinski definition) is 0. The molecular weight excluding hydrogens is 495 g/mol. The predicted octanol–water partition coefficient (Wildman–Crippen LogP) is 9.35. The molecule has 0 amide bonds. The molecular formula is C22H42N3O6P3. The van der Waals surface area contributed by atoms with Gasteiger partial charge in [0.15, 0.2) is 0 Å². The summed E-state index contributed by atoms with van der Waals surface area (Å²) in [6, 6.07) is 7.68. The summed E-state index contributed by atoms with van der Waals surface area (Å²) in [5.41, 5.74) is 1.04. The van der Waals surface area contributed by atoms with E-state index >= 15 is 0 Å². The molecule has 1 aliphatic heterocycles. The fourth-order valence-electron chi connectivity index (χ4n) is 2.98. The molecule has 0 N–H and O–H groups in total. The van der Waals surface area contributed by atoms with Crippen molar-refractivity contribution in [3.8, 4) is 5.75 Å². The van der Waals surface area contributed by atoms with Crippen LogP contribution >= 0.6 is 23.0 Å². The van der Waals surface area contributed by atoms with Crippen molar-refractivity contribution in [2.75, 3.05) is 0 Å². The maximum Gasteiger partial charge on any atom is 0.403 e. The van der Waals surface area contributed by atoms with E-state index in [4.69, 9.17) is 40.7 Å². The molecule has 12 heteroatoms. The van der Waals surface area contributed by atoms with E-state index in [1.807, 2.05) is 100 Å². The van der Waals surface area contributed by atoms with Gasteiger partial charge in [0, 0.05) is 0 Å². The Bertz CT molecular complexity index is 940. The van der Waals surface area contributed by atoms with E-state index in [2.05, 4.69) is 0 Å². The lowest BCUT2D eigenvalue weighted by atomic mass is 10.2. The molecule has 0 spiro atoms. The maximum atomic E-state index is 6.50. The lowest BCUT2D eigenvalue weighted by Gasteiger charge is -2.36. The van der Waals surface area contributed by atoms with E-state index in [1.165, 1.54) is 0 Å². The van der Waals surface area contributed by atoms with Gasteiger partial charge in [0.2, 0.25) is 0 Å². The number of benzene rings is 1. The number of hydrogen-bond acceptors (Lipinski definition) is 9. The fourth-order valence-corrected chi connectivity index (χ4v) is 13.1. The summed E-state index contributed by atoms with van der Waals surface area (Å²) in [4.78, 5) is 0. The Morgan fingerprint density at radius 3 is 1.29 bits per heavy atom. The van der Waals surface area contributed by atoms with Crippen molar-refractivity contribution in [2.45, 2.75) is 107 Å². The van der Waals surface area contributed by atoms with Gasteiger partial charge in [-0.05, 0) is 93.9 Å². The molecule has 1 aliphatic rings. The second-order valence-electron chi connectivity index (χ2n) is 9.42. The van der Waals surface area contributed by atoms with Gasteiger partial charge in [-0.1, -0.05) is 12.1 Å². The van der Waals surface area contributed by atoms with Crippen LogP contribution in [0.25, 0.3) is 0 Å². The molecule has 1 aromatic rings. The molecule has 0 aromatic heterocycles. The third-order valence-corrected chi connectivity index (χ3v) is 13.0. The van der Waals surface area contributed by atoms with E-state index in [9.17, 15) is 0 Å². The fraction of sp³-hybridized carbons (Fsp3) is 0.727. The summed E-state index contributed by atoms with van der Waals surface area (Å²) >= 11 is 0. The topological polar surface area (TPSA) is 92.5 Å².